The molecule has 0 radical (unpaired) electrons. The summed E-state index contributed by atoms with van der Waals surface area (Å²) in [6, 6.07) is 11.3. The van der Waals surface area contributed by atoms with E-state index in [1.807, 2.05) is 6.20 Å². The molecule has 1 atom stereocenters. The van der Waals surface area contributed by atoms with Gasteiger partial charge in [0.05, 0.1) is 0 Å². The highest BCUT2D eigenvalue weighted by Crippen LogP contribution is 2.19. The van der Waals surface area contributed by atoms with Crippen molar-refractivity contribution in [1.29, 1.82) is 0 Å². The fourth-order valence-electron chi connectivity index (χ4n) is 2.11. The third kappa shape index (κ3) is 4.15. The summed E-state index contributed by atoms with van der Waals surface area (Å²) in [7, 11) is 0. The van der Waals surface area contributed by atoms with E-state index in [1.165, 1.54) is 16.7 Å². The molecule has 0 saturated carbocycles. The zero-order chi connectivity index (χ0) is 14.5. The molecular weight excluding hydrogens is 312 g/mol. The van der Waals surface area contributed by atoms with Crippen molar-refractivity contribution in [2.45, 2.75) is 39.3 Å². The van der Waals surface area contributed by atoms with Gasteiger partial charge in [-0.3, -0.25) is 4.98 Å². The normalized spacial score (nSPS) is 12.7. The Balaban J connectivity index is 1.96. The maximum absolute atomic E-state index is 4.18. The third-order valence-corrected chi connectivity index (χ3v) is 3.91. The Bertz CT molecular complexity index is 549. The number of rotatable bonds is 5. The molecule has 1 aromatic heterocycles. The van der Waals surface area contributed by atoms with Crippen molar-refractivity contribution in [3.8, 4) is 0 Å². The molecule has 3 heteroatoms. The van der Waals surface area contributed by atoms with Crippen molar-refractivity contribution >= 4 is 15.9 Å². The van der Waals surface area contributed by atoms with E-state index in [0.29, 0.717) is 12.0 Å². The zero-order valence-corrected chi connectivity index (χ0v) is 13.8. The number of hydrogen-bond acceptors (Lipinski definition) is 2. The number of nitrogens with one attached hydrogen (secondary N) is 1. The summed E-state index contributed by atoms with van der Waals surface area (Å²) in [5, 5.41) is 3.53. The van der Waals surface area contributed by atoms with E-state index in [0.717, 1.165) is 11.0 Å². The highest BCUT2D eigenvalue weighted by Gasteiger charge is 2.06. The van der Waals surface area contributed by atoms with Crippen molar-refractivity contribution in [1.82, 2.24) is 10.3 Å². The van der Waals surface area contributed by atoms with Crippen LogP contribution in [0.2, 0.25) is 0 Å². The molecule has 106 valence electrons. The summed E-state index contributed by atoms with van der Waals surface area (Å²) < 4.78 is 1.02. The van der Waals surface area contributed by atoms with E-state index in [2.05, 4.69) is 77.3 Å². The lowest BCUT2D eigenvalue weighted by molar-refractivity contribution is 0.573. The molecular formula is C17H21BrN2. The summed E-state index contributed by atoms with van der Waals surface area (Å²) in [6.45, 7) is 7.45. The molecule has 1 N–H and O–H groups in total. The molecule has 0 saturated heterocycles. The summed E-state index contributed by atoms with van der Waals surface area (Å²) >= 11 is 3.45. The first-order valence-electron chi connectivity index (χ1n) is 6.99. The standard InChI is InChI=1S/C17H21BrN2/c1-12(2)15-4-6-16(7-5-15)13(3)20-10-14-8-17(18)11-19-9-14/h4-9,11-13,20H,10H2,1-3H3. The molecule has 0 aliphatic carbocycles. The molecule has 1 aromatic carbocycles. The second-order valence-corrected chi connectivity index (χ2v) is 6.35. The van der Waals surface area contributed by atoms with Crippen molar-refractivity contribution in [3.63, 3.8) is 0 Å². The summed E-state index contributed by atoms with van der Waals surface area (Å²) in [5.41, 5.74) is 3.89. The minimum atomic E-state index is 0.329. The lowest BCUT2D eigenvalue weighted by Gasteiger charge is -2.15. The van der Waals surface area contributed by atoms with Gasteiger partial charge in [-0.2, -0.15) is 0 Å². The number of hydrogen-bond donors (Lipinski definition) is 1. The van der Waals surface area contributed by atoms with E-state index in [9.17, 15) is 0 Å². The van der Waals surface area contributed by atoms with E-state index in [1.54, 1.807) is 6.20 Å². The van der Waals surface area contributed by atoms with Gasteiger partial charge in [-0.1, -0.05) is 38.1 Å². The fraction of sp³-hybridized carbons (Fsp3) is 0.353. The number of pyridine rings is 1. The van der Waals surface area contributed by atoms with Crippen LogP contribution in [-0.2, 0) is 6.54 Å². The van der Waals surface area contributed by atoms with E-state index >= 15 is 0 Å². The first-order valence-corrected chi connectivity index (χ1v) is 7.78. The van der Waals surface area contributed by atoms with Gasteiger partial charge in [0, 0.05) is 29.5 Å². The quantitative estimate of drug-likeness (QED) is 0.849. The van der Waals surface area contributed by atoms with Crippen LogP contribution in [0, 0.1) is 0 Å². The smallest absolute Gasteiger partial charge is 0.0410 e. The minimum Gasteiger partial charge on any atom is -0.306 e. The Morgan fingerprint density at radius 2 is 1.70 bits per heavy atom. The van der Waals surface area contributed by atoms with Crippen LogP contribution in [0.15, 0.2) is 47.2 Å². The van der Waals surface area contributed by atoms with Crippen LogP contribution in [0.25, 0.3) is 0 Å². The lowest BCUT2D eigenvalue weighted by atomic mass is 9.99. The molecule has 0 bridgehead atoms. The highest BCUT2D eigenvalue weighted by atomic mass is 79.9. The molecule has 0 spiro atoms. The highest BCUT2D eigenvalue weighted by molar-refractivity contribution is 9.10. The van der Waals surface area contributed by atoms with Gasteiger partial charge in [0.25, 0.3) is 0 Å². The van der Waals surface area contributed by atoms with Gasteiger partial charge in [0.1, 0.15) is 0 Å². The van der Waals surface area contributed by atoms with Gasteiger partial charge in [-0.05, 0) is 51.5 Å². The summed E-state index contributed by atoms with van der Waals surface area (Å²) in [6.07, 6.45) is 3.70. The van der Waals surface area contributed by atoms with Gasteiger partial charge < -0.3 is 5.32 Å². The average molecular weight is 333 g/mol. The zero-order valence-electron chi connectivity index (χ0n) is 12.2. The van der Waals surface area contributed by atoms with Crippen LogP contribution in [-0.4, -0.2) is 4.98 Å². The van der Waals surface area contributed by atoms with Gasteiger partial charge in [-0.15, -0.1) is 0 Å². The van der Waals surface area contributed by atoms with Gasteiger partial charge in [0.15, 0.2) is 0 Å². The number of aromatic nitrogens is 1. The minimum absolute atomic E-state index is 0.329. The second kappa shape index (κ2) is 7.00. The molecule has 2 rings (SSSR count). The van der Waals surface area contributed by atoms with Crippen LogP contribution in [0.4, 0.5) is 0 Å². The van der Waals surface area contributed by atoms with Crippen molar-refractivity contribution in [2.75, 3.05) is 0 Å². The van der Waals surface area contributed by atoms with E-state index in [4.69, 9.17) is 0 Å². The van der Waals surface area contributed by atoms with E-state index < -0.39 is 0 Å². The molecule has 0 aliphatic rings. The van der Waals surface area contributed by atoms with Crippen molar-refractivity contribution in [3.05, 3.63) is 63.9 Å². The Hall–Kier alpha value is -1.19. The fourth-order valence-corrected chi connectivity index (χ4v) is 2.52. The topological polar surface area (TPSA) is 24.9 Å². The number of benzene rings is 1. The monoisotopic (exact) mass is 332 g/mol. The SMILES string of the molecule is CC(C)c1ccc(C(C)NCc2cncc(Br)c2)cc1. The van der Waals surface area contributed by atoms with Crippen molar-refractivity contribution < 1.29 is 0 Å². The lowest BCUT2D eigenvalue weighted by Crippen LogP contribution is -2.18. The Morgan fingerprint density at radius 1 is 1.05 bits per heavy atom. The van der Waals surface area contributed by atoms with E-state index in [-0.39, 0.29) is 0 Å². The molecule has 0 aliphatic heterocycles. The molecule has 0 fully saturated rings. The third-order valence-electron chi connectivity index (χ3n) is 3.48. The summed E-state index contributed by atoms with van der Waals surface area (Å²) in [5.74, 6) is 0.583. The van der Waals surface area contributed by atoms with Gasteiger partial charge >= 0.3 is 0 Å². The molecule has 1 heterocycles. The Morgan fingerprint density at radius 3 is 2.30 bits per heavy atom. The molecule has 20 heavy (non-hydrogen) atoms. The maximum atomic E-state index is 4.18. The molecule has 1 unspecified atom stereocenters. The predicted octanol–water partition coefficient (Wildman–Crippen LogP) is 4.82. The van der Waals surface area contributed by atoms with Crippen LogP contribution in [0.3, 0.4) is 0 Å². The largest absolute Gasteiger partial charge is 0.306 e. The number of halogens is 1. The van der Waals surface area contributed by atoms with Crippen molar-refractivity contribution in [2.24, 2.45) is 0 Å². The van der Waals surface area contributed by atoms with Crippen LogP contribution >= 0.6 is 15.9 Å². The molecule has 2 nitrogen and oxygen atoms in total. The Kier molecular flexibility index (Phi) is 5.32. The average Bonchev–Trinajstić information content (AvgIpc) is 2.45. The maximum Gasteiger partial charge on any atom is 0.0410 e. The van der Waals surface area contributed by atoms with Crippen LogP contribution < -0.4 is 5.32 Å². The first-order chi connectivity index (χ1) is 9.56. The molecule has 2 aromatic rings. The number of nitrogens with zero attached hydrogens (tertiary/aromatic N) is 1. The van der Waals surface area contributed by atoms with Gasteiger partial charge in [-0.25, -0.2) is 0 Å². The molecule has 0 amide bonds. The Labute approximate surface area is 129 Å². The first kappa shape index (κ1) is 15.2. The van der Waals surface area contributed by atoms with Crippen LogP contribution in [0.1, 0.15) is 49.4 Å². The predicted molar refractivity (Wildman–Crippen MR) is 87.7 cm³/mol. The van der Waals surface area contributed by atoms with Crippen LogP contribution in [0.5, 0.6) is 0 Å². The van der Waals surface area contributed by atoms with Gasteiger partial charge in [0.2, 0.25) is 0 Å². The second-order valence-electron chi connectivity index (χ2n) is 5.44. The summed E-state index contributed by atoms with van der Waals surface area (Å²) in [4.78, 5) is 4.18.